The number of ether oxygens (including phenoxy) is 1. The van der Waals surface area contributed by atoms with Crippen LogP contribution < -0.4 is 31.6 Å². The number of aromatic nitrogens is 1. The lowest BCUT2D eigenvalue weighted by Gasteiger charge is -2.25. The first kappa shape index (κ1) is 30.9. The number of alkyl halides is 3. The van der Waals surface area contributed by atoms with Gasteiger partial charge in [0.05, 0.1) is 16.8 Å². The molecule has 0 unspecified atom stereocenters. The van der Waals surface area contributed by atoms with Crippen LogP contribution in [-0.2, 0) is 12.0 Å². The Kier molecular flexibility index (Phi) is 8.94. The highest BCUT2D eigenvalue weighted by Gasteiger charge is 2.31. The summed E-state index contributed by atoms with van der Waals surface area (Å²) in [7, 11) is 0. The molecular weight excluding hydrogens is 585 g/mol. The predicted octanol–water partition coefficient (Wildman–Crippen LogP) is 4.90. The van der Waals surface area contributed by atoms with E-state index >= 15 is 0 Å². The van der Waals surface area contributed by atoms with E-state index in [1.807, 2.05) is 24.3 Å². The van der Waals surface area contributed by atoms with Gasteiger partial charge in [-0.15, -0.1) is 23.8 Å². The Morgan fingerprint density at radius 1 is 1.05 bits per heavy atom. The minimum Gasteiger partial charge on any atom is -0.406 e. The van der Waals surface area contributed by atoms with Crippen molar-refractivity contribution in [3.05, 3.63) is 83.4 Å². The first-order chi connectivity index (χ1) is 20.3. The van der Waals surface area contributed by atoms with E-state index in [1.54, 1.807) is 24.3 Å². The maximum atomic E-state index is 13.6. The number of nitrogens with zero attached hydrogens (tertiary/aromatic N) is 4. The van der Waals surface area contributed by atoms with E-state index in [4.69, 9.17) is 11.4 Å². The molecule has 224 valence electrons. The molecular formula is C28H28F3N8O3S+. The van der Waals surface area contributed by atoms with E-state index in [0.717, 1.165) is 23.0 Å². The number of nitrogens with one attached hydrogen (secondary N) is 2. The predicted molar refractivity (Wildman–Crippen MR) is 157 cm³/mol. The molecule has 0 aliphatic rings. The van der Waals surface area contributed by atoms with Crippen molar-refractivity contribution in [2.24, 2.45) is 16.1 Å². The molecule has 43 heavy (non-hydrogen) atoms. The molecule has 3 amide bonds. The molecule has 0 radical (unpaired) electrons. The number of amides is 3. The summed E-state index contributed by atoms with van der Waals surface area (Å²) in [6.07, 6.45) is -4.83. The van der Waals surface area contributed by atoms with E-state index in [9.17, 15) is 22.8 Å². The lowest BCUT2D eigenvalue weighted by molar-refractivity contribution is -0.274. The summed E-state index contributed by atoms with van der Waals surface area (Å²) in [4.78, 5) is 31.8. The Bertz CT molecular complexity index is 1660. The van der Waals surface area contributed by atoms with Crippen LogP contribution in [0.1, 0.15) is 42.3 Å². The summed E-state index contributed by atoms with van der Waals surface area (Å²) < 4.78 is 42.3. The van der Waals surface area contributed by atoms with Gasteiger partial charge in [-0.05, 0) is 52.9 Å². The van der Waals surface area contributed by atoms with Crippen molar-refractivity contribution in [1.29, 1.82) is 0 Å². The van der Waals surface area contributed by atoms with Crippen LogP contribution in [0.25, 0.3) is 10.2 Å². The number of carbonyl (C=O) groups excluding carboxylic acids is 2. The average molecular weight is 614 g/mol. The maximum absolute atomic E-state index is 13.6. The number of nitrogens with two attached hydrogens (primary N) is 2. The van der Waals surface area contributed by atoms with Crippen molar-refractivity contribution in [2.45, 2.75) is 39.1 Å². The van der Waals surface area contributed by atoms with Crippen molar-refractivity contribution in [1.82, 2.24) is 10.3 Å². The van der Waals surface area contributed by atoms with Crippen LogP contribution in [0.3, 0.4) is 0 Å². The van der Waals surface area contributed by atoms with Gasteiger partial charge in [0.1, 0.15) is 5.75 Å². The number of hydrogen-bond donors (Lipinski definition) is 4. The summed E-state index contributed by atoms with van der Waals surface area (Å²) in [6, 6.07) is 17.2. The monoisotopic (exact) mass is 613 g/mol. The number of urea groups is 1. The molecule has 4 aromatic rings. The molecule has 0 spiro atoms. The van der Waals surface area contributed by atoms with Gasteiger partial charge in [0, 0.05) is 22.4 Å². The Morgan fingerprint density at radius 3 is 2.30 bits per heavy atom. The molecule has 0 atom stereocenters. The second-order valence-corrected chi connectivity index (χ2v) is 11.3. The molecule has 0 aliphatic carbocycles. The third-order valence-electron chi connectivity index (χ3n) is 6.12. The highest BCUT2D eigenvalue weighted by Crippen LogP contribution is 2.32. The summed E-state index contributed by atoms with van der Waals surface area (Å²) in [5.74, 6) is 3.96. The van der Waals surface area contributed by atoms with Crippen molar-refractivity contribution < 1.29 is 33.0 Å². The van der Waals surface area contributed by atoms with E-state index in [2.05, 4.69) is 51.3 Å². The van der Waals surface area contributed by atoms with Crippen LogP contribution in [0.5, 0.6) is 5.75 Å². The van der Waals surface area contributed by atoms with Gasteiger partial charge in [-0.1, -0.05) is 56.4 Å². The van der Waals surface area contributed by atoms with E-state index in [1.165, 1.54) is 17.0 Å². The quantitative estimate of drug-likeness (QED) is 0.0799. The van der Waals surface area contributed by atoms with Gasteiger partial charge in [0.2, 0.25) is 0 Å². The van der Waals surface area contributed by atoms with Gasteiger partial charge >= 0.3 is 18.4 Å². The Balaban J connectivity index is 1.59. The van der Waals surface area contributed by atoms with Crippen LogP contribution in [0, 0.1) is 0 Å². The van der Waals surface area contributed by atoms with Gasteiger partial charge in [0.25, 0.3) is 5.91 Å². The number of benzene rings is 3. The third-order valence-corrected chi connectivity index (χ3v) is 7.06. The minimum atomic E-state index is -4.83. The molecule has 4 rings (SSSR count). The Morgan fingerprint density at radius 2 is 1.72 bits per heavy atom. The topological polar surface area (TPSA) is 160 Å². The number of guanidine groups is 1. The Labute approximate surface area is 248 Å². The van der Waals surface area contributed by atoms with Crippen molar-refractivity contribution in [3.63, 3.8) is 0 Å². The highest BCUT2D eigenvalue weighted by atomic mass is 32.1. The van der Waals surface area contributed by atoms with Crippen molar-refractivity contribution >= 4 is 50.3 Å². The van der Waals surface area contributed by atoms with Gasteiger partial charge in [-0.25, -0.2) is 9.78 Å². The summed E-state index contributed by atoms with van der Waals surface area (Å²) in [5.41, 5.74) is 8.04. The fourth-order valence-corrected chi connectivity index (χ4v) is 4.84. The molecule has 1 heterocycles. The van der Waals surface area contributed by atoms with Crippen molar-refractivity contribution in [2.75, 3.05) is 10.2 Å². The first-order valence-electron chi connectivity index (χ1n) is 12.7. The molecule has 3 aromatic carbocycles. The minimum absolute atomic E-state index is 0.108. The fraction of sp³-hybridized carbons (Fsp3) is 0.214. The largest absolute Gasteiger partial charge is 0.573 e. The van der Waals surface area contributed by atoms with Gasteiger partial charge in [-0.2, -0.15) is 0 Å². The average Bonchev–Trinajstić information content (AvgIpc) is 3.34. The van der Waals surface area contributed by atoms with E-state index in [0.29, 0.717) is 21.5 Å². The van der Waals surface area contributed by atoms with Crippen LogP contribution in [0.2, 0.25) is 0 Å². The zero-order chi connectivity index (χ0) is 31.4. The second-order valence-electron chi connectivity index (χ2n) is 10.2. The number of fused-ring (bicyclic) bond motifs is 1. The number of carbonyl (C=O) groups is 2. The molecule has 11 nitrogen and oxygen atoms in total. The molecule has 0 aliphatic heterocycles. The fourth-order valence-electron chi connectivity index (χ4n) is 3.95. The van der Waals surface area contributed by atoms with Crippen LogP contribution in [0.15, 0.2) is 76.9 Å². The molecule has 0 fully saturated rings. The lowest BCUT2D eigenvalue weighted by Crippen LogP contribution is -2.37. The van der Waals surface area contributed by atoms with Gasteiger partial charge in [0.15, 0.2) is 5.13 Å². The van der Waals surface area contributed by atoms with E-state index < -0.39 is 18.3 Å². The second kappa shape index (κ2) is 12.4. The molecule has 0 saturated heterocycles. The number of halogens is 3. The van der Waals surface area contributed by atoms with E-state index in [-0.39, 0.29) is 34.4 Å². The SMILES string of the molecule is CC(C)(C)c1ccc(N(Cc2ccc(C(=O)N/C(N=[NH2+])=N/N)cc2)C(=O)Nc2nc3ccc(OC(F)(F)F)cc3s2)cc1. The molecule has 15 heteroatoms. The molecule has 1 aromatic heterocycles. The maximum Gasteiger partial charge on any atom is 0.573 e. The number of rotatable bonds is 6. The third kappa shape index (κ3) is 8.03. The van der Waals surface area contributed by atoms with Crippen LogP contribution >= 0.6 is 11.3 Å². The molecule has 0 bridgehead atoms. The summed E-state index contributed by atoms with van der Waals surface area (Å²) in [6.45, 7) is 6.34. The number of thiazole rings is 1. The Hall–Kier alpha value is -5.05. The normalized spacial score (nSPS) is 12.1. The van der Waals surface area contributed by atoms with Crippen LogP contribution in [0.4, 0.5) is 28.8 Å². The van der Waals surface area contributed by atoms with Crippen molar-refractivity contribution in [3.8, 4) is 5.75 Å². The molecule has 0 saturated carbocycles. The highest BCUT2D eigenvalue weighted by molar-refractivity contribution is 7.22. The van der Waals surface area contributed by atoms with Gasteiger partial charge in [-0.3, -0.25) is 20.3 Å². The van der Waals surface area contributed by atoms with Gasteiger partial charge < -0.3 is 10.6 Å². The summed E-state index contributed by atoms with van der Waals surface area (Å²) >= 11 is 1.01. The van der Waals surface area contributed by atoms with Crippen LogP contribution in [-0.4, -0.2) is 29.2 Å². The number of anilines is 2. The standard InChI is InChI=1S/C28H27F3N8O3S/c1-27(2,3)18-8-10-19(11-9-18)39(15-16-4-6-17(7-5-16)23(40)35-24(37-32)38-33)26(41)36-25-34-21-13-12-20(14-22(21)43-25)42-28(29,30)31/h4-14,32H,15,33H2,1-3H3,(H,34,36,41)(H,35,38,40)/p+1. The number of hydrogen-bond acceptors (Lipinski definition) is 7. The summed E-state index contributed by atoms with van der Waals surface area (Å²) in [5, 5.41) is 11.8. The zero-order valence-electron chi connectivity index (χ0n) is 23.3. The number of hydrazone groups is 1. The zero-order valence-corrected chi connectivity index (χ0v) is 24.1. The lowest BCUT2D eigenvalue weighted by atomic mass is 9.87. The molecule has 6 N–H and O–H groups in total. The smallest absolute Gasteiger partial charge is 0.406 e. The first-order valence-corrected chi connectivity index (χ1v) is 13.5.